The zero-order valence-electron chi connectivity index (χ0n) is 18.1. The van der Waals surface area contributed by atoms with Crippen LogP contribution in [0, 0.1) is 0 Å². The predicted molar refractivity (Wildman–Crippen MR) is 121 cm³/mol. The van der Waals surface area contributed by atoms with Gasteiger partial charge in [-0.25, -0.2) is 0 Å². The molecular weight excluding hydrogens is 400 g/mol. The molecule has 6 heteroatoms. The molecular formula is C24H31ClN2O3. The summed E-state index contributed by atoms with van der Waals surface area (Å²) in [4.78, 5) is 4.90. The van der Waals surface area contributed by atoms with Gasteiger partial charge in [-0.15, -0.1) is 0 Å². The minimum atomic E-state index is -0.312. The van der Waals surface area contributed by atoms with Crippen LogP contribution in [0.4, 0.5) is 5.69 Å². The maximum atomic E-state index is 6.38. The molecule has 1 fully saturated rings. The van der Waals surface area contributed by atoms with Gasteiger partial charge >= 0.3 is 0 Å². The largest absolute Gasteiger partial charge is 0.493 e. The molecule has 0 spiro atoms. The Bertz CT molecular complexity index is 883. The first-order valence-corrected chi connectivity index (χ1v) is 11.0. The van der Waals surface area contributed by atoms with Gasteiger partial charge in [0.15, 0.2) is 11.5 Å². The van der Waals surface area contributed by atoms with E-state index in [1.807, 2.05) is 12.1 Å². The van der Waals surface area contributed by atoms with E-state index in [1.165, 1.54) is 11.1 Å². The summed E-state index contributed by atoms with van der Waals surface area (Å²) in [6, 6.07) is 12.3. The van der Waals surface area contributed by atoms with Gasteiger partial charge in [0, 0.05) is 32.7 Å². The summed E-state index contributed by atoms with van der Waals surface area (Å²) in [6.45, 7) is 7.98. The van der Waals surface area contributed by atoms with Gasteiger partial charge in [-0.05, 0) is 55.2 Å². The number of para-hydroxylation sites is 1. The molecule has 162 valence electrons. The van der Waals surface area contributed by atoms with Gasteiger partial charge in [-0.1, -0.05) is 23.7 Å². The number of nitrogens with zero attached hydrogens (tertiary/aromatic N) is 2. The second-order valence-corrected chi connectivity index (χ2v) is 8.63. The first-order chi connectivity index (χ1) is 14.5. The molecule has 0 aromatic heterocycles. The Morgan fingerprint density at radius 1 is 1.03 bits per heavy atom. The van der Waals surface area contributed by atoms with E-state index in [2.05, 4.69) is 41.0 Å². The lowest BCUT2D eigenvalue weighted by atomic mass is 9.84. The Morgan fingerprint density at radius 3 is 2.43 bits per heavy atom. The van der Waals surface area contributed by atoms with Crippen LogP contribution in [0.15, 0.2) is 36.4 Å². The zero-order valence-corrected chi connectivity index (χ0v) is 18.9. The Kier molecular flexibility index (Phi) is 6.42. The summed E-state index contributed by atoms with van der Waals surface area (Å²) < 4.78 is 17.4. The van der Waals surface area contributed by atoms with Crippen LogP contribution in [-0.4, -0.2) is 58.5 Å². The highest BCUT2D eigenvalue weighted by molar-refractivity contribution is 6.33. The van der Waals surface area contributed by atoms with Crippen molar-refractivity contribution in [1.29, 1.82) is 0 Å². The Morgan fingerprint density at radius 2 is 1.73 bits per heavy atom. The molecule has 2 aliphatic rings. The van der Waals surface area contributed by atoms with Crippen molar-refractivity contribution >= 4 is 17.3 Å². The molecule has 0 bridgehead atoms. The summed E-state index contributed by atoms with van der Waals surface area (Å²) in [5, 5.41) is 0.829. The molecule has 5 nitrogen and oxygen atoms in total. The van der Waals surface area contributed by atoms with E-state index in [0.717, 1.165) is 74.4 Å². The summed E-state index contributed by atoms with van der Waals surface area (Å²) in [5.41, 5.74) is 3.34. The number of halogens is 1. The topological polar surface area (TPSA) is 34.2 Å². The minimum absolute atomic E-state index is 0.312. The highest BCUT2D eigenvalue weighted by Crippen LogP contribution is 2.41. The van der Waals surface area contributed by atoms with Gasteiger partial charge in [0.05, 0.1) is 37.1 Å². The maximum Gasteiger partial charge on any atom is 0.161 e. The van der Waals surface area contributed by atoms with Crippen molar-refractivity contribution in [3.63, 3.8) is 0 Å². The molecule has 2 aromatic carbocycles. The smallest absolute Gasteiger partial charge is 0.161 e. The number of fused-ring (bicyclic) bond motifs is 1. The fourth-order valence-electron chi connectivity index (χ4n) is 4.58. The molecule has 4 rings (SSSR count). The lowest BCUT2D eigenvalue weighted by Crippen LogP contribution is -2.48. The van der Waals surface area contributed by atoms with Crippen LogP contribution < -0.4 is 14.4 Å². The average molecular weight is 431 g/mol. The SMILES string of the molecule is COc1cc2c(cc1OC)C(C)(CCN1CCN(c3ccccc3Cl)CC1)OCC2. The van der Waals surface area contributed by atoms with E-state index in [-0.39, 0.29) is 5.60 Å². The van der Waals surface area contributed by atoms with Gasteiger partial charge in [0.2, 0.25) is 0 Å². The number of ether oxygens (including phenoxy) is 3. The van der Waals surface area contributed by atoms with Crippen LogP contribution in [0.1, 0.15) is 24.5 Å². The lowest BCUT2D eigenvalue weighted by molar-refractivity contribution is -0.0575. The quantitative estimate of drug-likeness (QED) is 0.680. The van der Waals surface area contributed by atoms with E-state index in [1.54, 1.807) is 14.2 Å². The van der Waals surface area contributed by atoms with E-state index in [4.69, 9.17) is 25.8 Å². The molecule has 0 N–H and O–H groups in total. The number of methoxy groups -OCH3 is 2. The van der Waals surface area contributed by atoms with Crippen LogP contribution in [0.5, 0.6) is 11.5 Å². The monoisotopic (exact) mass is 430 g/mol. The number of anilines is 1. The van der Waals surface area contributed by atoms with Crippen molar-refractivity contribution in [3.05, 3.63) is 52.5 Å². The van der Waals surface area contributed by atoms with Crippen LogP contribution in [0.25, 0.3) is 0 Å². The summed E-state index contributed by atoms with van der Waals surface area (Å²) in [5.74, 6) is 1.55. The average Bonchev–Trinajstić information content (AvgIpc) is 2.78. The number of hydrogen-bond donors (Lipinski definition) is 0. The zero-order chi connectivity index (χ0) is 21.1. The molecule has 0 saturated carbocycles. The minimum Gasteiger partial charge on any atom is -0.493 e. The number of benzene rings is 2. The first-order valence-electron chi connectivity index (χ1n) is 10.7. The Hall–Kier alpha value is -1.95. The van der Waals surface area contributed by atoms with E-state index in [0.29, 0.717) is 0 Å². The fraction of sp³-hybridized carbons (Fsp3) is 0.500. The number of rotatable bonds is 6. The Balaban J connectivity index is 1.41. The molecule has 1 unspecified atom stereocenters. The molecule has 2 aromatic rings. The number of piperazine rings is 1. The van der Waals surface area contributed by atoms with E-state index >= 15 is 0 Å². The Labute approximate surface area is 184 Å². The van der Waals surface area contributed by atoms with Crippen molar-refractivity contribution < 1.29 is 14.2 Å². The van der Waals surface area contributed by atoms with E-state index in [9.17, 15) is 0 Å². The molecule has 0 radical (unpaired) electrons. The third-order valence-corrected chi connectivity index (χ3v) is 6.76. The second-order valence-electron chi connectivity index (χ2n) is 8.22. The number of hydrogen-bond acceptors (Lipinski definition) is 5. The van der Waals surface area contributed by atoms with Crippen LogP contribution in [0.3, 0.4) is 0 Å². The predicted octanol–water partition coefficient (Wildman–Crippen LogP) is 4.36. The summed E-state index contributed by atoms with van der Waals surface area (Å²) in [6.07, 6.45) is 1.85. The van der Waals surface area contributed by atoms with Gasteiger partial charge in [0.25, 0.3) is 0 Å². The highest BCUT2D eigenvalue weighted by atomic mass is 35.5. The molecule has 30 heavy (non-hydrogen) atoms. The molecule has 2 aliphatic heterocycles. The fourth-order valence-corrected chi connectivity index (χ4v) is 4.84. The highest BCUT2D eigenvalue weighted by Gasteiger charge is 2.35. The van der Waals surface area contributed by atoms with Crippen molar-refractivity contribution in [3.8, 4) is 11.5 Å². The van der Waals surface area contributed by atoms with Gasteiger partial charge in [0.1, 0.15) is 0 Å². The van der Waals surface area contributed by atoms with Gasteiger partial charge in [-0.3, -0.25) is 4.90 Å². The van der Waals surface area contributed by atoms with Crippen LogP contribution >= 0.6 is 11.6 Å². The van der Waals surface area contributed by atoms with Crippen LogP contribution in [0.2, 0.25) is 5.02 Å². The molecule has 1 saturated heterocycles. The first kappa shape index (κ1) is 21.3. The third kappa shape index (κ3) is 4.25. The third-order valence-electron chi connectivity index (χ3n) is 6.44. The molecule has 0 aliphatic carbocycles. The van der Waals surface area contributed by atoms with Crippen molar-refractivity contribution in [2.45, 2.75) is 25.4 Å². The molecule has 0 amide bonds. The molecule has 2 heterocycles. The summed E-state index contributed by atoms with van der Waals surface area (Å²) >= 11 is 6.38. The normalized spacial score (nSPS) is 21.9. The van der Waals surface area contributed by atoms with Crippen molar-refractivity contribution in [2.75, 3.05) is 58.5 Å². The summed E-state index contributed by atoms with van der Waals surface area (Å²) in [7, 11) is 3.37. The van der Waals surface area contributed by atoms with Crippen molar-refractivity contribution in [1.82, 2.24) is 4.90 Å². The molecule has 1 atom stereocenters. The van der Waals surface area contributed by atoms with E-state index < -0.39 is 0 Å². The lowest BCUT2D eigenvalue weighted by Gasteiger charge is -2.40. The standard InChI is InChI=1S/C24H31ClN2O3/c1-24(19-17-23(29-3)22(28-2)16-18(19)8-15-30-24)9-10-26-11-13-27(14-12-26)21-7-5-4-6-20(21)25/h4-7,16-17H,8-15H2,1-3H3. The second kappa shape index (κ2) is 9.04. The van der Waals surface area contributed by atoms with Crippen molar-refractivity contribution in [2.24, 2.45) is 0 Å². The van der Waals surface area contributed by atoms with Gasteiger partial charge < -0.3 is 19.1 Å². The van der Waals surface area contributed by atoms with Crippen LogP contribution in [-0.2, 0) is 16.8 Å². The van der Waals surface area contributed by atoms with Gasteiger partial charge in [-0.2, -0.15) is 0 Å². The maximum absolute atomic E-state index is 6.38.